The van der Waals surface area contributed by atoms with Gasteiger partial charge in [0.2, 0.25) is 0 Å². The number of hydrogen-bond donors (Lipinski definition) is 1. The largest absolute Gasteiger partial charge is 0.380 e. The van der Waals surface area contributed by atoms with Crippen LogP contribution in [-0.4, -0.2) is 26.3 Å². The maximum atomic E-state index is 5.58. The molecule has 2 nitrogen and oxygen atoms in total. The highest BCUT2D eigenvalue weighted by molar-refractivity contribution is 4.81. The van der Waals surface area contributed by atoms with Gasteiger partial charge in [-0.1, -0.05) is 60.8 Å². The molecule has 1 N–H and O–H groups in total. The van der Waals surface area contributed by atoms with E-state index < -0.39 is 0 Å². The molecular formula is C17H41NO. The van der Waals surface area contributed by atoms with Crippen molar-refractivity contribution >= 4 is 0 Å². The Bertz CT molecular complexity index is 133. The molecule has 2 atom stereocenters. The van der Waals surface area contributed by atoms with Crippen LogP contribution in [0, 0.1) is 5.92 Å². The maximum Gasteiger partial charge on any atom is 0.0749 e. The van der Waals surface area contributed by atoms with Crippen molar-refractivity contribution in [2.24, 2.45) is 5.92 Å². The van der Waals surface area contributed by atoms with Crippen LogP contribution in [0.15, 0.2) is 0 Å². The summed E-state index contributed by atoms with van der Waals surface area (Å²) in [6.07, 6.45) is 7.31. The minimum atomic E-state index is 0.408. The van der Waals surface area contributed by atoms with E-state index in [2.05, 4.69) is 12.2 Å². The molecule has 0 aliphatic heterocycles. The Hall–Kier alpha value is -0.0800. The van der Waals surface area contributed by atoms with E-state index in [0.717, 1.165) is 5.92 Å². The van der Waals surface area contributed by atoms with Gasteiger partial charge in [0.15, 0.2) is 0 Å². The van der Waals surface area contributed by atoms with Crippen molar-refractivity contribution in [3.63, 3.8) is 0 Å². The van der Waals surface area contributed by atoms with Gasteiger partial charge in [-0.3, -0.25) is 0 Å². The molecule has 0 aromatic heterocycles. The maximum absolute atomic E-state index is 5.58. The lowest BCUT2D eigenvalue weighted by molar-refractivity contribution is 0.0146. The highest BCUT2D eigenvalue weighted by Crippen LogP contribution is 2.29. The van der Waals surface area contributed by atoms with Gasteiger partial charge in [0.1, 0.15) is 0 Å². The summed E-state index contributed by atoms with van der Waals surface area (Å²) >= 11 is 0. The molecule has 19 heavy (non-hydrogen) atoms. The molecule has 0 spiro atoms. The van der Waals surface area contributed by atoms with Crippen molar-refractivity contribution < 1.29 is 4.74 Å². The van der Waals surface area contributed by atoms with Crippen LogP contribution in [0.1, 0.15) is 80.6 Å². The molecule has 1 aliphatic carbocycles. The number of ether oxygens (including phenoxy) is 1. The van der Waals surface area contributed by atoms with Crippen molar-refractivity contribution in [1.82, 2.24) is 5.32 Å². The monoisotopic (exact) mass is 275 g/mol. The van der Waals surface area contributed by atoms with E-state index in [-0.39, 0.29) is 0 Å². The van der Waals surface area contributed by atoms with Crippen LogP contribution >= 0.6 is 0 Å². The summed E-state index contributed by atoms with van der Waals surface area (Å²) in [5.41, 5.74) is 0. The van der Waals surface area contributed by atoms with Gasteiger partial charge in [-0.05, 0) is 32.7 Å². The Kier molecular flexibility index (Phi) is 25.5. The van der Waals surface area contributed by atoms with Gasteiger partial charge < -0.3 is 10.1 Å². The molecule has 1 fully saturated rings. The third-order valence-corrected chi connectivity index (χ3v) is 3.33. The average molecular weight is 276 g/mol. The minimum Gasteiger partial charge on any atom is -0.380 e. The molecule has 1 unspecified atom stereocenters. The molecule has 0 heterocycles. The molecule has 0 amide bonds. The zero-order valence-corrected chi connectivity index (χ0v) is 15.2. The topological polar surface area (TPSA) is 21.3 Å². The standard InChI is InChI=1S/C11H23NO.3C2H6/c1-9(12-2)11(13-3)10-7-5-4-6-8-10;3*1-2/h9-12H,4-8H2,1-3H3;3*1-2H3/t9?,11-;;;/m0.../s1. The molecule has 0 saturated heterocycles. The third kappa shape index (κ3) is 11.4. The van der Waals surface area contributed by atoms with E-state index in [1.165, 1.54) is 32.1 Å². The van der Waals surface area contributed by atoms with Crippen molar-refractivity contribution in [3.8, 4) is 0 Å². The van der Waals surface area contributed by atoms with E-state index in [9.17, 15) is 0 Å². The molecule has 1 aliphatic rings. The number of rotatable bonds is 4. The molecule has 120 valence electrons. The molecular weight excluding hydrogens is 234 g/mol. The second-order valence-corrected chi connectivity index (χ2v) is 4.18. The summed E-state index contributed by atoms with van der Waals surface area (Å²) in [5.74, 6) is 0.779. The lowest BCUT2D eigenvalue weighted by Crippen LogP contribution is -2.41. The number of hydrogen-bond acceptors (Lipinski definition) is 2. The second-order valence-electron chi connectivity index (χ2n) is 4.18. The number of methoxy groups -OCH3 is 1. The Morgan fingerprint density at radius 2 is 1.32 bits per heavy atom. The van der Waals surface area contributed by atoms with Crippen LogP contribution in [0.2, 0.25) is 0 Å². The summed E-state index contributed by atoms with van der Waals surface area (Å²) < 4.78 is 5.58. The Morgan fingerprint density at radius 3 is 1.63 bits per heavy atom. The van der Waals surface area contributed by atoms with Crippen LogP contribution in [0.25, 0.3) is 0 Å². The van der Waals surface area contributed by atoms with Crippen LogP contribution in [0.3, 0.4) is 0 Å². The first-order valence-electron chi connectivity index (χ1n) is 8.49. The van der Waals surface area contributed by atoms with Crippen molar-refractivity contribution in [2.75, 3.05) is 14.2 Å². The van der Waals surface area contributed by atoms with E-state index >= 15 is 0 Å². The molecule has 0 radical (unpaired) electrons. The zero-order chi connectivity index (χ0) is 15.7. The summed E-state index contributed by atoms with van der Waals surface area (Å²) in [6, 6.07) is 0.480. The van der Waals surface area contributed by atoms with Gasteiger partial charge in [-0.25, -0.2) is 0 Å². The Labute approximate surface area is 123 Å². The lowest BCUT2D eigenvalue weighted by atomic mass is 9.83. The summed E-state index contributed by atoms with van der Waals surface area (Å²) in [7, 11) is 3.85. The van der Waals surface area contributed by atoms with Crippen molar-refractivity contribution in [3.05, 3.63) is 0 Å². The van der Waals surface area contributed by atoms with Gasteiger partial charge in [-0.2, -0.15) is 0 Å². The second kappa shape index (κ2) is 20.2. The van der Waals surface area contributed by atoms with Gasteiger partial charge in [-0.15, -0.1) is 0 Å². The fraction of sp³-hybridized carbons (Fsp3) is 1.00. The molecule has 1 rings (SSSR count). The molecule has 0 bridgehead atoms. The zero-order valence-electron chi connectivity index (χ0n) is 15.2. The van der Waals surface area contributed by atoms with Crippen molar-refractivity contribution in [2.45, 2.75) is 92.7 Å². The van der Waals surface area contributed by atoms with Gasteiger partial charge in [0.05, 0.1) is 6.10 Å². The Morgan fingerprint density at radius 1 is 0.895 bits per heavy atom. The number of nitrogens with one attached hydrogen (secondary N) is 1. The highest BCUT2D eigenvalue weighted by atomic mass is 16.5. The summed E-state index contributed by atoms with van der Waals surface area (Å²) in [6.45, 7) is 14.2. The van der Waals surface area contributed by atoms with E-state index in [1.807, 2.05) is 55.7 Å². The van der Waals surface area contributed by atoms with E-state index in [4.69, 9.17) is 4.74 Å². The molecule has 2 heteroatoms. The highest BCUT2D eigenvalue weighted by Gasteiger charge is 2.26. The van der Waals surface area contributed by atoms with Crippen LogP contribution in [-0.2, 0) is 4.74 Å². The van der Waals surface area contributed by atoms with Gasteiger partial charge >= 0.3 is 0 Å². The predicted octanol–water partition coefficient (Wildman–Crippen LogP) is 5.27. The minimum absolute atomic E-state index is 0.408. The van der Waals surface area contributed by atoms with E-state index in [1.54, 1.807) is 0 Å². The first kappa shape index (κ1) is 24.0. The quantitative estimate of drug-likeness (QED) is 0.755. The van der Waals surface area contributed by atoms with Gasteiger partial charge in [0.25, 0.3) is 0 Å². The summed E-state index contributed by atoms with van der Waals surface area (Å²) in [4.78, 5) is 0. The number of likely N-dealkylation sites (N-methyl/N-ethyl adjacent to an activating group) is 1. The molecule has 1 saturated carbocycles. The average Bonchev–Trinajstić information content (AvgIpc) is 2.54. The normalized spacial score (nSPS) is 17.5. The first-order valence-corrected chi connectivity index (χ1v) is 8.49. The van der Waals surface area contributed by atoms with Gasteiger partial charge in [0, 0.05) is 13.2 Å². The fourth-order valence-electron chi connectivity index (χ4n) is 2.43. The Balaban J connectivity index is -0.000000375. The summed E-state index contributed by atoms with van der Waals surface area (Å²) in [5, 5.41) is 3.29. The van der Waals surface area contributed by atoms with Crippen LogP contribution in [0.4, 0.5) is 0 Å². The predicted molar refractivity (Wildman–Crippen MR) is 89.9 cm³/mol. The van der Waals surface area contributed by atoms with Crippen LogP contribution in [0.5, 0.6) is 0 Å². The third-order valence-electron chi connectivity index (χ3n) is 3.33. The van der Waals surface area contributed by atoms with Crippen LogP contribution < -0.4 is 5.32 Å². The SMILES string of the molecule is CC.CC.CC.CNC(C)[C@H](OC)C1CCCCC1. The fourth-order valence-corrected chi connectivity index (χ4v) is 2.43. The van der Waals surface area contributed by atoms with Crippen molar-refractivity contribution in [1.29, 1.82) is 0 Å². The lowest BCUT2D eigenvalue weighted by Gasteiger charge is -2.33. The molecule has 0 aromatic carbocycles. The smallest absolute Gasteiger partial charge is 0.0749 e. The first-order chi connectivity index (χ1) is 9.29. The van der Waals surface area contributed by atoms with E-state index in [0.29, 0.717) is 12.1 Å². The molecule has 0 aromatic rings.